The van der Waals surface area contributed by atoms with E-state index in [-0.39, 0.29) is 5.02 Å². The van der Waals surface area contributed by atoms with Gasteiger partial charge in [-0.3, -0.25) is 4.90 Å². The van der Waals surface area contributed by atoms with E-state index in [0.717, 1.165) is 32.7 Å². The molecule has 1 saturated heterocycles. The van der Waals surface area contributed by atoms with E-state index in [1.54, 1.807) is 23.9 Å². The van der Waals surface area contributed by atoms with Gasteiger partial charge in [0.15, 0.2) is 5.65 Å². The summed E-state index contributed by atoms with van der Waals surface area (Å²) in [5, 5.41) is 5.73. The van der Waals surface area contributed by atoms with Gasteiger partial charge in [-0.1, -0.05) is 35.3 Å². The second-order valence-corrected chi connectivity index (χ2v) is 9.08. The Balaban J connectivity index is 1.62. The van der Waals surface area contributed by atoms with Gasteiger partial charge in [0.1, 0.15) is 11.6 Å². The lowest BCUT2D eigenvalue weighted by Gasteiger charge is -2.34. The number of fused-ring (bicyclic) bond motifs is 1. The Kier molecular flexibility index (Phi) is 6.75. The van der Waals surface area contributed by atoms with Crippen molar-refractivity contribution in [1.82, 2.24) is 24.6 Å². The number of hydrogen-bond donors (Lipinski definition) is 1. The fourth-order valence-electron chi connectivity index (χ4n) is 4.19. The number of halogens is 3. The molecule has 0 spiro atoms. The molecule has 8 nitrogen and oxygen atoms in total. The molecule has 0 aliphatic carbocycles. The maximum absolute atomic E-state index is 13.9. The van der Waals surface area contributed by atoms with Gasteiger partial charge in [-0.15, -0.1) is 5.10 Å². The number of para-hydroxylation sites is 1. The summed E-state index contributed by atoms with van der Waals surface area (Å²) in [4.78, 5) is 14.1. The molecule has 2 aromatic heterocycles. The summed E-state index contributed by atoms with van der Waals surface area (Å²) in [5.41, 5.74) is 8.76. The summed E-state index contributed by atoms with van der Waals surface area (Å²) >= 11 is 12.5. The minimum Gasteiger partial charge on any atom is -0.383 e. The summed E-state index contributed by atoms with van der Waals surface area (Å²) in [5.74, 6) is 0.357. The van der Waals surface area contributed by atoms with Gasteiger partial charge in [0.2, 0.25) is 5.95 Å². The highest BCUT2D eigenvalue weighted by molar-refractivity contribution is 6.32. The third-order valence-electron chi connectivity index (χ3n) is 6.10. The molecular formula is C24H24Cl2FN7O. The lowest BCUT2D eigenvalue weighted by atomic mass is 10.1. The molecule has 0 saturated carbocycles. The zero-order valence-corrected chi connectivity index (χ0v) is 20.6. The van der Waals surface area contributed by atoms with Gasteiger partial charge in [0.25, 0.3) is 0 Å². The molecular weight excluding hydrogens is 492 g/mol. The second kappa shape index (κ2) is 9.94. The van der Waals surface area contributed by atoms with Crippen LogP contribution in [0.5, 0.6) is 0 Å². The van der Waals surface area contributed by atoms with E-state index in [0.29, 0.717) is 51.4 Å². The fourth-order valence-corrected chi connectivity index (χ4v) is 4.59. The molecule has 0 bridgehead atoms. The number of nitrogen functional groups attached to an aromatic ring is 1. The van der Waals surface area contributed by atoms with Crippen molar-refractivity contribution < 1.29 is 9.13 Å². The van der Waals surface area contributed by atoms with E-state index >= 15 is 0 Å². The number of ether oxygens (including phenoxy) is 1. The largest absolute Gasteiger partial charge is 0.383 e. The number of benzene rings is 2. The number of piperazine rings is 1. The molecule has 35 heavy (non-hydrogen) atoms. The first-order chi connectivity index (χ1) is 17.0. The van der Waals surface area contributed by atoms with Gasteiger partial charge in [0.05, 0.1) is 33.4 Å². The van der Waals surface area contributed by atoms with Gasteiger partial charge < -0.3 is 15.4 Å². The number of nitrogens with two attached hydrogens (primary N) is 1. The summed E-state index contributed by atoms with van der Waals surface area (Å²) in [7, 11) is 1.70. The predicted octanol–water partition coefficient (Wildman–Crippen LogP) is 4.28. The molecule has 3 heterocycles. The van der Waals surface area contributed by atoms with Crippen LogP contribution in [0, 0.1) is 5.82 Å². The van der Waals surface area contributed by atoms with Crippen LogP contribution in [0.15, 0.2) is 42.5 Å². The topological polar surface area (TPSA) is 85.3 Å². The van der Waals surface area contributed by atoms with Crippen molar-refractivity contribution >= 4 is 46.0 Å². The number of methoxy groups -OCH3 is 1. The van der Waals surface area contributed by atoms with E-state index in [4.69, 9.17) is 43.6 Å². The van der Waals surface area contributed by atoms with E-state index in [2.05, 4.69) is 14.9 Å². The molecule has 2 N–H and O–H groups in total. The average Bonchev–Trinajstić information content (AvgIpc) is 3.20. The Morgan fingerprint density at radius 1 is 1.03 bits per heavy atom. The maximum atomic E-state index is 13.9. The van der Waals surface area contributed by atoms with Crippen LogP contribution >= 0.6 is 23.2 Å². The lowest BCUT2D eigenvalue weighted by molar-refractivity contribution is 0.144. The van der Waals surface area contributed by atoms with Crippen LogP contribution in [0.3, 0.4) is 0 Å². The van der Waals surface area contributed by atoms with E-state index in [9.17, 15) is 4.39 Å². The highest BCUT2D eigenvalue weighted by Crippen LogP contribution is 2.36. The van der Waals surface area contributed by atoms with Gasteiger partial charge in [-0.25, -0.2) is 14.1 Å². The molecule has 1 fully saturated rings. The number of rotatable bonds is 6. The molecule has 2 aromatic carbocycles. The number of nitrogens with zero attached hydrogens (tertiary/aromatic N) is 6. The third kappa shape index (κ3) is 4.64. The first-order valence-electron chi connectivity index (χ1n) is 11.2. The standard InChI is InChI=1S/C24H24Cl2FN7O/c1-35-13-12-32-8-10-33(11-9-32)24-29-21(15-6-7-18(27)17(26)14-15)20-22(28)34(31-23(20)30-24)19-5-3-2-4-16(19)25/h2-7,14H,8-13,28H2,1H3. The highest BCUT2D eigenvalue weighted by atomic mass is 35.5. The molecule has 5 rings (SSSR count). The molecule has 4 aromatic rings. The SMILES string of the molecule is COCCN1CCN(c2nc(-c3ccc(F)c(Cl)c3)c3c(N)n(-c4ccccc4Cl)nc3n2)CC1. The molecule has 0 radical (unpaired) electrons. The number of anilines is 2. The average molecular weight is 516 g/mol. The molecule has 0 unspecified atom stereocenters. The monoisotopic (exact) mass is 515 g/mol. The Morgan fingerprint density at radius 2 is 1.80 bits per heavy atom. The van der Waals surface area contributed by atoms with E-state index < -0.39 is 5.82 Å². The van der Waals surface area contributed by atoms with Crippen molar-refractivity contribution in [2.45, 2.75) is 0 Å². The Morgan fingerprint density at radius 3 is 2.51 bits per heavy atom. The van der Waals surface area contributed by atoms with Crippen LogP contribution in [0.2, 0.25) is 10.0 Å². The van der Waals surface area contributed by atoms with Gasteiger partial charge in [-0.05, 0) is 30.3 Å². The van der Waals surface area contributed by atoms with Crippen LogP contribution < -0.4 is 10.6 Å². The second-order valence-electron chi connectivity index (χ2n) is 8.27. The quantitative estimate of drug-likeness (QED) is 0.410. The smallest absolute Gasteiger partial charge is 0.228 e. The van der Waals surface area contributed by atoms with Crippen molar-refractivity contribution in [3.05, 3.63) is 58.3 Å². The van der Waals surface area contributed by atoms with Crippen molar-refractivity contribution in [3.8, 4) is 16.9 Å². The number of aromatic nitrogens is 4. The molecule has 0 amide bonds. The summed E-state index contributed by atoms with van der Waals surface area (Å²) in [6, 6.07) is 11.8. The highest BCUT2D eigenvalue weighted by Gasteiger charge is 2.24. The first kappa shape index (κ1) is 23.7. The van der Waals surface area contributed by atoms with Crippen LogP contribution in [-0.4, -0.2) is 71.1 Å². The molecule has 0 atom stereocenters. The maximum Gasteiger partial charge on any atom is 0.228 e. The van der Waals surface area contributed by atoms with E-state index in [1.807, 2.05) is 18.2 Å². The van der Waals surface area contributed by atoms with Crippen molar-refractivity contribution in [2.24, 2.45) is 0 Å². The first-order valence-corrected chi connectivity index (χ1v) is 11.9. The molecule has 1 aliphatic heterocycles. The third-order valence-corrected chi connectivity index (χ3v) is 6.71. The summed E-state index contributed by atoms with van der Waals surface area (Å²) in [6.07, 6.45) is 0. The van der Waals surface area contributed by atoms with Crippen molar-refractivity contribution in [3.63, 3.8) is 0 Å². The van der Waals surface area contributed by atoms with Crippen LogP contribution in [0.4, 0.5) is 16.2 Å². The van der Waals surface area contributed by atoms with E-state index in [1.165, 1.54) is 12.1 Å². The molecule has 1 aliphatic rings. The molecule has 182 valence electrons. The Hall–Kier alpha value is -2.98. The zero-order valence-electron chi connectivity index (χ0n) is 19.1. The molecule has 11 heteroatoms. The Labute approximate surface area is 212 Å². The normalized spacial score (nSPS) is 14.7. The van der Waals surface area contributed by atoms with Crippen molar-refractivity contribution in [2.75, 3.05) is 57.1 Å². The predicted molar refractivity (Wildman–Crippen MR) is 137 cm³/mol. The Bertz CT molecular complexity index is 1370. The summed E-state index contributed by atoms with van der Waals surface area (Å²) < 4.78 is 20.7. The zero-order chi connectivity index (χ0) is 24.5. The summed E-state index contributed by atoms with van der Waals surface area (Å²) in [6.45, 7) is 4.79. The number of hydrogen-bond acceptors (Lipinski definition) is 7. The van der Waals surface area contributed by atoms with Gasteiger partial charge in [-0.2, -0.15) is 4.98 Å². The van der Waals surface area contributed by atoms with Crippen LogP contribution in [0.1, 0.15) is 0 Å². The lowest BCUT2D eigenvalue weighted by Crippen LogP contribution is -2.47. The van der Waals surface area contributed by atoms with Crippen LogP contribution in [0.25, 0.3) is 28.0 Å². The van der Waals surface area contributed by atoms with Gasteiger partial charge in [0, 0.05) is 45.4 Å². The van der Waals surface area contributed by atoms with Gasteiger partial charge >= 0.3 is 0 Å². The minimum absolute atomic E-state index is 0.000336. The fraction of sp³-hybridized carbons (Fsp3) is 0.292. The van der Waals surface area contributed by atoms with Crippen LogP contribution in [-0.2, 0) is 4.74 Å². The van der Waals surface area contributed by atoms with Crippen molar-refractivity contribution in [1.29, 1.82) is 0 Å². The minimum atomic E-state index is -0.507.